The summed E-state index contributed by atoms with van der Waals surface area (Å²) in [5.74, 6) is 2.00. The fraction of sp³-hybridized carbons (Fsp3) is 0.750. The number of nitrogens with one attached hydrogen (secondary N) is 1. The normalized spacial score (nSPS) is 29.5. The molecular weight excluding hydrogens is 324 g/mol. The van der Waals surface area contributed by atoms with Gasteiger partial charge in [0.05, 0.1) is 11.7 Å². The van der Waals surface area contributed by atoms with E-state index in [0.717, 1.165) is 25.3 Å². The zero-order valence-corrected chi connectivity index (χ0v) is 16.5. The standard InChI is InChI=1S/C20H32N6/c1-14-5-7-16(17(9-14)26-13-21-12-22-26)23-15-6-8-19-24-18(20(2,3)4)11-25(19)10-15/h11-17,23H,5-10H2,1-4H3. The molecule has 1 N–H and O–H groups in total. The summed E-state index contributed by atoms with van der Waals surface area (Å²) in [4.78, 5) is 9.05. The Balaban J connectivity index is 1.46. The van der Waals surface area contributed by atoms with Crippen LogP contribution in [0.25, 0.3) is 0 Å². The molecule has 0 radical (unpaired) electrons. The molecule has 26 heavy (non-hydrogen) atoms. The molecule has 3 heterocycles. The van der Waals surface area contributed by atoms with Crippen molar-refractivity contribution in [3.63, 3.8) is 0 Å². The van der Waals surface area contributed by atoms with E-state index in [2.05, 4.69) is 58.5 Å². The summed E-state index contributed by atoms with van der Waals surface area (Å²) in [5, 5.41) is 8.40. The van der Waals surface area contributed by atoms with Crippen LogP contribution in [0, 0.1) is 5.92 Å². The summed E-state index contributed by atoms with van der Waals surface area (Å²) in [6, 6.07) is 1.40. The molecule has 0 saturated heterocycles. The van der Waals surface area contributed by atoms with Crippen LogP contribution in [0.1, 0.15) is 70.9 Å². The fourth-order valence-corrected chi connectivity index (χ4v) is 4.47. The van der Waals surface area contributed by atoms with Crippen LogP contribution in [0.3, 0.4) is 0 Å². The van der Waals surface area contributed by atoms with Crippen LogP contribution in [0.4, 0.5) is 0 Å². The number of hydrogen-bond donors (Lipinski definition) is 1. The van der Waals surface area contributed by atoms with Crippen LogP contribution in [-0.4, -0.2) is 36.4 Å². The lowest BCUT2D eigenvalue weighted by atomic mass is 9.83. The fourth-order valence-electron chi connectivity index (χ4n) is 4.47. The van der Waals surface area contributed by atoms with Gasteiger partial charge in [0.1, 0.15) is 18.5 Å². The second-order valence-electron chi connectivity index (χ2n) is 9.31. The van der Waals surface area contributed by atoms with Crippen molar-refractivity contribution in [2.75, 3.05) is 0 Å². The molecule has 2 aliphatic rings. The van der Waals surface area contributed by atoms with Gasteiger partial charge >= 0.3 is 0 Å². The van der Waals surface area contributed by atoms with Gasteiger partial charge in [0.15, 0.2) is 0 Å². The minimum absolute atomic E-state index is 0.116. The van der Waals surface area contributed by atoms with Crippen LogP contribution in [-0.2, 0) is 18.4 Å². The Morgan fingerprint density at radius 3 is 2.77 bits per heavy atom. The molecule has 6 nitrogen and oxygen atoms in total. The second kappa shape index (κ2) is 6.80. The van der Waals surface area contributed by atoms with E-state index in [1.54, 1.807) is 6.33 Å². The maximum absolute atomic E-state index is 4.88. The average Bonchev–Trinajstić information content (AvgIpc) is 3.24. The first-order valence-corrected chi connectivity index (χ1v) is 10.1. The summed E-state index contributed by atoms with van der Waals surface area (Å²) in [6.07, 6.45) is 11.7. The van der Waals surface area contributed by atoms with Crippen LogP contribution in [0.2, 0.25) is 0 Å². The molecule has 0 amide bonds. The summed E-state index contributed by atoms with van der Waals surface area (Å²) in [7, 11) is 0. The molecule has 0 spiro atoms. The van der Waals surface area contributed by atoms with E-state index in [1.165, 1.54) is 30.8 Å². The highest BCUT2D eigenvalue weighted by Gasteiger charge is 2.33. The Labute approximate surface area is 156 Å². The first-order valence-electron chi connectivity index (χ1n) is 10.1. The topological polar surface area (TPSA) is 60.6 Å². The van der Waals surface area contributed by atoms with Crippen molar-refractivity contribution in [1.29, 1.82) is 0 Å². The Morgan fingerprint density at radius 1 is 1.19 bits per heavy atom. The zero-order valence-electron chi connectivity index (χ0n) is 16.5. The number of nitrogens with zero attached hydrogens (tertiary/aromatic N) is 5. The summed E-state index contributed by atoms with van der Waals surface area (Å²) in [6.45, 7) is 10.1. The number of aromatic nitrogens is 5. The molecule has 2 aromatic rings. The molecule has 4 unspecified atom stereocenters. The molecule has 1 saturated carbocycles. The molecule has 4 rings (SSSR count). The molecule has 2 aromatic heterocycles. The van der Waals surface area contributed by atoms with Gasteiger partial charge in [0, 0.05) is 36.7 Å². The molecule has 0 aromatic carbocycles. The summed E-state index contributed by atoms with van der Waals surface area (Å²) in [5.41, 5.74) is 1.32. The van der Waals surface area contributed by atoms with E-state index in [4.69, 9.17) is 4.98 Å². The van der Waals surface area contributed by atoms with Gasteiger partial charge < -0.3 is 9.88 Å². The lowest BCUT2D eigenvalue weighted by Crippen LogP contribution is -2.49. The second-order valence-corrected chi connectivity index (χ2v) is 9.31. The van der Waals surface area contributed by atoms with Crippen molar-refractivity contribution in [3.05, 3.63) is 30.4 Å². The van der Waals surface area contributed by atoms with E-state index >= 15 is 0 Å². The number of hydrogen-bond acceptors (Lipinski definition) is 4. The lowest BCUT2D eigenvalue weighted by Gasteiger charge is -2.38. The first kappa shape index (κ1) is 17.7. The molecule has 4 atom stereocenters. The molecule has 0 bridgehead atoms. The monoisotopic (exact) mass is 356 g/mol. The molecule has 1 aliphatic carbocycles. The van der Waals surface area contributed by atoms with Gasteiger partial charge in [-0.05, 0) is 31.6 Å². The highest BCUT2D eigenvalue weighted by molar-refractivity contribution is 5.15. The van der Waals surface area contributed by atoms with E-state index in [1.807, 2.05) is 6.33 Å². The van der Waals surface area contributed by atoms with Crippen molar-refractivity contribution in [1.82, 2.24) is 29.6 Å². The van der Waals surface area contributed by atoms with Crippen molar-refractivity contribution in [2.45, 2.75) is 89.9 Å². The number of fused-ring (bicyclic) bond motifs is 1. The third-order valence-electron chi connectivity index (χ3n) is 6.07. The summed E-state index contributed by atoms with van der Waals surface area (Å²) < 4.78 is 4.44. The van der Waals surface area contributed by atoms with Crippen molar-refractivity contribution in [2.24, 2.45) is 5.92 Å². The number of rotatable bonds is 3. The maximum Gasteiger partial charge on any atom is 0.137 e. The minimum atomic E-state index is 0.116. The number of imidazole rings is 1. The highest BCUT2D eigenvalue weighted by Crippen LogP contribution is 2.33. The predicted octanol–water partition coefficient (Wildman–Crippen LogP) is 3.11. The van der Waals surface area contributed by atoms with Crippen LogP contribution < -0.4 is 5.32 Å². The number of aryl methyl sites for hydroxylation is 1. The lowest BCUT2D eigenvalue weighted by molar-refractivity contribution is 0.180. The van der Waals surface area contributed by atoms with Crippen molar-refractivity contribution in [3.8, 4) is 0 Å². The smallest absolute Gasteiger partial charge is 0.137 e. The van der Waals surface area contributed by atoms with Gasteiger partial charge in [-0.25, -0.2) is 14.6 Å². The minimum Gasteiger partial charge on any atom is -0.333 e. The van der Waals surface area contributed by atoms with E-state index in [0.29, 0.717) is 18.1 Å². The van der Waals surface area contributed by atoms with Gasteiger partial charge in [-0.15, -0.1) is 0 Å². The summed E-state index contributed by atoms with van der Waals surface area (Å²) >= 11 is 0. The Hall–Kier alpha value is -1.69. The van der Waals surface area contributed by atoms with Crippen molar-refractivity contribution >= 4 is 0 Å². The highest BCUT2D eigenvalue weighted by atomic mass is 15.3. The van der Waals surface area contributed by atoms with E-state index < -0.39 is 0 Å². The molecule has 1 aliphatic heterocycles. The van der Waals surface area contributed by atoms with Gasteiger partial charge in [0.25, 0.3) is 0 Å². The van der Waals surface area contributed by atoms with E-state index in [-0.39, 0.29) is 5.41 Å². The van der Waals surface area contributed by atoms with Crippen LogP contribution in [0.15, 0.2) is 18.9 Å². The maximum atomic E-state index is 4.88. The molecular formula is C20H32N6. The Kier molecular flexibility index (Phi) is 4.63. The molecule has 142 valence electrons. The first-order chi connectivity index (χ1) is 12.4. The SMILES string of the molecule is CC1CCC(NC2CCc3nc(C(C)(C)C)cn3C2)C(n2cncn2)C1. The quantitative estimate of drug-likeness (QED) is 0.918. The van der Waals surface area contributed by atoms with E-state index in [9.17, 15) is 0 Å². The molecule has 6 heteroatoms. The zero-order chi connectivity index (χ0) is 18.3. The van der Waals surface area contributed by atoms with Gasteiger partial charge in [-0.2, -0.15) is 5.10 Å². The van der Waals surface area contributed by atoms with Gasteiger partial charge in [-0.1, -0.05) is 27.7 Å². The largest absolute Gasteiger partial charge is 0.333 e. The third kappa shape index (κ3) is 3.56. The Bertz CT molecular complexity index is 726. The third-order valence-corrected chi connectivity index (χ3v) is 6.07. The predicted molar refractivity (Wildman–Crippen MR) is 102 cm³/mol. The van der Waals surface area contributed by atoms with Crippen LogP contribution in [0.5, 0.6) is 0 Å². The van der Waals surface area contributed by atoms with Gasteiger partial charge in [-0.3, -0.25) is 0 Å². The van der Waals surface area contributed by atoms with Crippen molar-refractivity contribution < 1.29 is 0 Å². The average molecular weight is 357 g/mol. The Morgan fingerprint density at radius 2 is 2.04 bits per heavy atom. The van der Waals surface area contributed by atoms with Crippen LogP contribution >= 0.6 is 0 Å². The molecule has 1 fully saturated rings. The van der Waals surface area contributed by atoms with Gasteiger partial charge in [0.2, 0.25) is 0 Å².